The molecule has 6 heteroatoms. The number of ketones is 1. The molecule has 4 nitrogen and oxygen atoms in total. The van der Waals surface area contributed by atoms with E-state index in [2.05, 4.69) is 74.3 Å². The number of aliphatic hydroxyl groups excluding tert-OH is 1. The molecule has 2 aromatic carbocycles. The number of carbonyl (C=O) groups excluding carboxylic acids is 1. The zero-order valence-corrected chi connectivity index (χ0v) is 33.8. The van der Waals surface area contributed by atoms with Gasteiger partial charge >= 0.3 is 0 Å². The Hall–Kier alpha value is -3.18. The Kier molecular flexibility index (Phi) is 12.1. The second-order valence-electron chi connectivity index (χ2n) is 14.8. The molecule has 6 rings (SSSR count). The Morgan fingerprint density at radius 3 is 2.22 bits per heavy atom. The van der Waals surface area contributed by atoms with Crippen molar-refractivity contribution in [3.8, 4) is 22.4 Å². The van der Waals surface area contributed by atoms with Gasteiger partial charge in [-0.15, -0.1) is 40.5 Å². The Balaban J connectivity index is 0.000000260. The van der Waals surface area contributed by atoms with Crippen molar-refractivity contribution >= 4 is 38.0 Å². The number of pyridine rings is 2. The molecule has 1 aliphatic carbocycles. The van der Waals surface area contributed by atoms with Crippen LogP contribution in [-0.2, 0) is 43.2 Å². The molecule has 1 N–H and O–H groups in total. The summed E-state index contributed by atoms with van der Waals surface area (Å²) < 4.78 is 1.26. The SMILES string of the molecule is CC(C)(C)c1cc(-c2nccc3c4c(sc23)CCc2ccncc2-4)[c-]c2ccccc12.CCC(C)(CC)C(=O)/C=C(\O)C(C)(CC)CC.[Ir]. The van der Waals surface area contributed by atoms with Crippen LogP contribution >= 0.6 is 11.3 Å². The molecule has 0 unspecified atom stereocenters. The summed E-state index contributed by atoms with van der Waals surface area (Å²) in [4.78, 5) is 22.9. The largest absolute Gasteiger partial charge is 0.512 e. The smallest absolute Gasteiger partial charge is 0.164 e. The maximum absolute atomic E-state index is 12.2. The van der Waals surface area contributed by atoms with Gasteiger partial charge in [-0.3, -0.25) is 14.8 Å². The number of aromatic nitrogens is 2. The number of fused-ring (bicyclic) bond motifs is 6. The number of aliphatic hydroxyl groups is 1. The third kappa shape index (κ3) is 7.62. The molecular formula is C43H51IrN2O2S-. The molecule has 3 heterocycles. The van der Waals surface area contributed by atoms with Gasteiger partial charge in [0.2, 0.25) is 0 Å². The molecule has 261 valence electrons. The third-order valence-electron chi connectivity index (χ3n) is 10.9. The van der Waals surface area contributed by atoms with E-state index < -0.39 is 0 Å². The van der Waals surface area contributed by atoms with Gasteiger partial charge in [-0.05, 0) is 67.0 Å². The fourth-order valence-corrected chi connectivity index (χ4v) is 7.82. The monoisotopic (exact) mass is 852 g/mol. The van der Waals surface area contributed by atoms with Crippen molar-refractivity contribution in [1.29, 1.82) is 0 Å². The fraction of sp³-hybridized carbons (Fsp3) is 0.419. The van der Waals surface area contributed by atoms with E-state index in [1.54, 1.807) is 0 Å². The molecule has 49 heavy (non-hydrogen) atoms. The van der Waals surface area contributed by atoms with E-state index in [4.69, 9.17) is 4.98 Å². The predicted molar refractivity (Wildman–Crippen MR) is 204 cm³/mol. The molecule has 0 saturated heterocycles. The minimum Gasteiger partial charge on any atom is -0.512 e. The Labute approximate surface area is 310 Å². The van der Waals surface area contributed by atoms with Crippen molar-refractivity contribution in [3.05, 3.63) is 95.0 Å². The molecule has 0 aliphatic heterocycles. The van der Waals surface area contributed by atoms with Gasteiger partial charge in [-0.25, -0.2) is 0 Å². The zero-order valence-electron chi connectivity index (χ0n) is 30.6. The molecule has 0 spiro atoms. The molecule has 0 atom stereocenters. The van der Waals surface area contributed by atoms with E-state index in [0.717, 1.165) is 55.2 Å². The number of aryl methyl sites for hydroxylation is 2. The summed E-state index contributed by atoms with van der Waals surface area (Å²) in [6.45, 7) is 18.9. The predicted octanol–water partition coefficient (Wildman–Crippen LogP) is 12.0. The van der Waals surface area contributed by atoms with Crippen molar-refractivity contribution in [2.24, 2.45) is 10.8 Å². The summed E-state index contributed by atoms with van der Waals surface area (Å²) in [5, 5.41) is 13.8. The van der Waals surface area contributed by atoms with E-state index in [9.17, 15) is 9.90 Å². The van der Waals surface area contributed by atoms with Crippen molar-refractivity contribution < 1.29 is 30.0 Å². The quantitative estimate of drug-likeness (QED) is 0.0960. The van der Waals surface area contributed by atoms with Gasteiger partial charge in [0.15, 0.2) is 5.78 Å². The number of thiophene rings is 1. The van der Waals surface area contributed by atoms with Gasteiger partial charge in [0.1, 0.15) is 5.76 Å². The third-order valence-corrected chi connectivity index (χ3v) is 12.2. The number of carbonyl (C=O) groups is 1. The van der Waals surface area contributed by atoms with Crippen LogP contribution in [0.2, 0.25) is 0 Å². The van der Waals surface area contributed by atoms with Gasteiger partial charge in [0, 0.05) is 82.0 Å². The van der Waals surface area contributed by atoms with Gasteiger partial charge < -0.3 is 5.11 Å². The second kappa shape index (κ2) is 15.4. The Morgan fingerprint density at radius 1 is 0.898 bits per heavy atom. The standard InChI is InChI=1S/C28H23N2S.C15H28O2.Ir/c1-28(2,3)23-15-19(14-18-6-4-5-7-20(18)23)26-27-21(11-13-30-26)25-22-16-29-12-10-17(22)8-9-24(25)31-27;1-7-14(5,8-2)12(16)11-13(17)15(6,9-3)10-4;/h4-7,10-13,15-16H,8-9H2,1-3H3;11,16H,7-10H2,1-6H3;/q-1;;/b;12-11-;. The number of benzene rings is 2. The average Bonchev–Trinajstić information content (AvgIpc) is 3.49. The first-order chi connectivity index (χ1) is 22.8. The summed E-state index contributed by atoms with van der Waals surface area (Å²) in [5.74, 6) is 0.286. The zero-order chi connectivity index (χ0) is 34.9. The molecule has 0 amide bonds. The second-order valence-corrected chi connectivity index (χ2v) is 15.9. The normalized spacial score (nSPS) is 13.3. The first-order valence-corrected chi connectivity index (χ1v) is 18.4. The summed E-state index contributed by atoms with van der Waals surface area (Å²) in [6.07, 6.45) is 12.8. The molecule has 5 aromatic rings. The van der Waals surface area contributed by atoms with Crippen LogP contribution in [0.5, 0.6) is 0 Å². The van der Waals surface area contributed by atoms with Crippen molar-refractivity contribution in [2.75, 3.05) is 0 Å². The van der Waals surface area contributed by atoms with E-state index >= 15 is 0 Å². The summed E-state index contributed by atoms with van der Waals surface area (Å²) >= 11 is 1.89. The van der Waals surface area contributed by atoms with Gasteiger partial charge in [-0.1, -0.05) is 91.5 Å². The minimum atomic E-state index is -0.337. The van der Waals surface area contributed by atoms with Gasteiger partial charge in [-0.2, -0.15) is 0 Å². The van der Waals surface area contributed by atoms with Crippen LogP contribution in [0.3, 0.4) is 0 Å². The number of hydrogen-bond acceptors (Lipinski definition) is 5. The summed E-state index contributed by atoms with van der Waals surface area (Å²) in [7, 11) is 0. The molecular weight excluding hydrogens is 801 g/mol. The van der Waals surface area contributed by atoms with E-state index in [1.165, 1.54) is 48.7 Å². The first kappa shape index (κ1) is 38.6. The molecule has 0 fully saturated rings. The summed E-state index contributed by atoms with van der Waals surface area (Å²) in [5.41, 5.74) is 6.93. The van der Waals surface area contributed by atoms with E-state index in [0.29, 0.717) is 0 Å². The maximum Gasteiger partial charge on any atom is 0.164 e. The van der Waals surface area contributed by atoms with Crippen LogP contribution in [0.4, 0.5) is 0 Å². The topological polar surface area (TPSA) is 63.1 Å². The van der Waals surface area contributed by atoms with Crippen molar-refractivity contribution in [2.45, 2.75) is 106 Å². The van der Waals surface area contributed by atoms with Crippen molar-refractivity contribution in [1.82, 2.24) is 9.97 Å². The Morgan fingerprint density at radius 2 is 1.57 bits per heavy atom. The van der Waals surface area contributed by atoms with Crippen LogP contribution < -0.4 is 0 Å². The molecule has 1 radical (unpaired) electrons. The van der Waals surface area contributed by atoms with Crippen LogP contribution in [-0.4, -0.2) is 20.9 Å². The number of hydrogen-bond donors (Lipinski definition) is 1. The first-order valence-electron chi connectivity index (χ1n) is 17.5. The fourth-order valence-electron chi connectivity index (χ4n) is 6.51. The number of rotatable bonds is 8. The van der Waals surface area contributed by atoms with Crippen molar-refractivity contribution in [3.63, 3.8) is 0 Å². The van der Waals surface area contributed by atoms with E-state index in [-0.39, 0.29) is 47.9 Å². The maximum atomic E-state index is 12.2. The van der Waals surface area contributed by atoms with Crippen LogP contribution in [0, 0.1) is 16.9 Å². The van der Waals surface area contributed by atoms with E-state index in [1.807, 2.05) is 71.5 Å². The number of nitrogens with zero attached hydrogens (tertiary/aromatic N) is 2. The molecule has 0 bridgehead atoms. The average molecular weight is 852 g/mol. The Bertz CT molecular complexity index is 1980. The molecule has 1 aliphatic rings. The van der Waals surface area contributed by atoms with Crippen LogP contribution in [0.1, 0.15) is 104 Å². The van der Waals surface area contributed by atoms with Crippen LogP contribution in [0.15, 0.2) is 72.9 Å². The minimum absolute atomic E-state index is 0. The van der Waals surface area contributed by atoms with Gasteiger partial charge in [0.05, 0.1) is 0 Å². The summed E-state index contributed by atoms with van der Waals surface area (Å²) in [6, 6.07) is 18.9. The molecule has 3 aromatic heterocycles. The number of allylic oxidation sites excluding steroid dienone is 2. The molecule has 0 saturated carbocycles. The van der Waals surface area contributed by atoms with Gasteiger partial charge in [0.25, 0.3) is 0 Å². The van der Waals surface area contributed by atoms with Crippen LogP contribution in [0.25, 0.3) is 43.2 Å².